The summed E-state index contributed by atoms with van der Waals surface area (Å²) >= 11 is 0. The third-order valence-corrected chi connectivity index (χ3v) is 2.72. The minimum atomic E-state index is -0.284. The number of hydrogen-bond acceptors (Lipinski definition) is 3. The number of aryl methyl sites for hydroxylation is 1. The highest BCUT2D eigenvalue weighted by Crippen LogP contribution is 2.27. The van der Waals surface area contributed by atoms with E-state index in [0.29, 0.717) is 12.8 Å². The number of ether oxygens (including phenoxy) is 1. The molecule has 94 valence electrons. The second-order valence-electron chi connectivity index (χ2n) is 4.21. The number of carbonyl (C=O) groups excluding carboxylic acids is 1. The van der Waals surface area contributed by atoms with Gasteiger partial charge in [-0.25, -0.2) is 0 Å². The van der Waals surface area contributed by atoms with Crippen LogP contribution in [0.1, 0.15) is 36.4 Å². The fourth-order valence-electron chi connectivity index (χ4n) is 1.80. The lowest BCUT2D eigenvalue weighted by atomic mass is 9.99. The summed E-state index contributed by atoms with van der Waals surface area (Å²) in [6, 6.07) is 5.80. The van der Waals surface area contributed by atoms with Gasteiger partial charge in [0.2, 0.25) is 5.91 Å². The molecule has 4 N–H and O–H groups in total. The van der Waals surface area contributed by atoms with Crippen LogP contribution in [0.4, 0.5) is 0 Å². The largest absolute Gasteiger partial charge is 0.496 e. The maximum Gasteiger partial charge on any atom is 0.217 e. The lowest BCUT2D eigenvalue weighted by Crippen LogP contribution is -2.14. The van der Waals surface area contributed by atoms with Gasteiger partial charge in [0.05, 0.1) is 7.11 Å². The Bertz CT molecular complexity index is 391. The molecular formula is C13H20N2O2. The molecule has 0 aromatic heterocycles. The number of primary amides is 1. The molecule has 1 unspecified atom stereocenters. The molecule has 0 saturated heterocycles. The Morgan fingerprint density at radius 3 is 2.76 bits per heavy atom. The third-order valence-electron chi connectivity index (χ3n) is 2.72. The van der Waals surface area contributed by atoms with Gasteiger partial charge < -0.3 is 16.2 Å². The number of carbonyl (C=O) groups is 1. The number of benzene rings is 1. The molecule has 1 aromatic rings. The van der Waals surface area contributed by atoms with Crippen LogP contribution in [-0.2, 0) is 4.79 Å². The van der Waals surface area contributed by atoms with Gasteiger partial charge in [0.1, 0.15) is 5.75 Å². The minimum absolute atomic E-state index is 0.121. The van der Waals surface area contributed by atoms with E-state index < -0.39 is 0 Å². The van der Waals surface area contributed by atoms with Crippen LogP contribution in [0.5, 0.6) is 5.75 Å². The molecule has 17 heavy (non-hydrogen) atoms. The lowest BCUT2D eigenvalue weighted by Gasteiger charge is -2.16. The Morgan fingerprint density at radius 2 is 2.18 bits per heavy atom. The van der Waals surface area contributed by atoms with E-state index in [1.54, 1.807) is 7.11 Å². The fourth-order valence-corrected chi connectivity index (χ4v) is 1.80. The Balaban J connectivity index is 2.69. The number of methoxy groups -OCH3 is 1. The Kier molecular flexibility index (Phi) is 4.97. The predicted octanol–water partition coefficient (Wildman–Crippen LogP) is 1.66. The van der Waals surface area contributed by atoms with Gasteiger partial charge in [-0.15, -0.1) is 0 Å². The number of nitrogens with two attached hydrogens (primary N) is 2. The molecular weight excluding hydrogens is 216 g/mol. The SMILES string of the molecule is COc1ccc(C)cc1C(N)CCCC(N)=O. The summed E-state index contributed by atoms with van der Waals surface area (Å²) in [5.74, 6) is 0.510. The van der Waals surface area contributed by atoms with E-state index in [4.69, 9.17) is 16.2 Å². The van der Waals surface area contributed by atoms with Gasteiger partial charge in [0, 0.05) is 18.0 Å². The monoisotopic (exact) mass is 236 g/mol. The van der Waals surface area contributed by atoms with Crippen molar-refractivity contribution in [3.63, 3.8) is 0 Å². The zero-order chi connectivity index (χ0) is 12.8. The van der Waals surface area contributed by atoms with Crippen LogP contribution in [0.3, 0.4) is 0 Å². The van der Waals surface area contributed by atoms with Crippen LogP contribution in [0.2, 0.25) is 0 Å². The van der Waals surface area contributed by atoms with Crippen molar-refractivity contribution in [2.24, 2.45) is 11.5 Å². The Labute approximate surface area is 102 Å². The van der Waals surface area contributed by atoms with Crippen molar-refractivity contribution in [1.82, 2.24) is 0 Å². The summed E-state index contributed by atoms with van der Waals surface area (Å²) in [6.07, 6.45) is 1.80. The number of amides is 1. The van der Waals surface area contributed by atoms with Crippen LogP contribution in [0, 0.1) is 6.92 Å². The van der Waals surface area contributed by atoms with Gasteiger partial charge in [0.25, 0.3) is 0 Å². The molecule has 1 amide bonds. The quantitative estimate of drug-likeness (QED) is 0.788. The van der Waals surface area contributed by atoms with E-state index in [0.717, 1.165) is 23.3 Å². The van der Waals surface area contributed by atoms with Gasteiger partial charge in [-0.3, -0.25) is 4.79 Å². The van der Waals surface area contributed by atoms with Crippen molar-refractivity contribution < 1.29 is 9.53 Å². The zero-order valence-corrected chi connectivity index (χ0v) is 10.4. The smallest absolute Gasteiger partial charge is 0.217 e. The second kappa shape index (κ2) is 6.25. The molecule has 0 aliphatic carbocycles. The molecule has 1 aromatic carbocycles. The zero-order valence-electron chi connectivity index (χ0n) is 10.4. The maximum atomic E-state index is 10.7. The molecule has 0 aliphatic rings. The Hall–Kier alpha value is -1.55. The normalized spacial score (nSPS) is 12.2. The van der Waals surface area contributed by atoms with Crippen LogP contribution in [0.25, 0.3) is 0 Å². The molecule has 4 nitrogen and oxygen atoms in total. The van der Waals surface area contributed by atoms with Crippen LogP contribution in [-0.4, -0.2) is 13.0 Å². The summed E-state index contributed by atoms with van der Waals surface area (Å²) in [5.41, 5.74) is 13.3. The van der Waals surface area contributed by atoms with Crippen molar-refractivity contribution in [2.75, 3.05) is 7.11 Å². The first kappa shape index (κ1) is 13.5. The molecule has 1 atom stereocenters. The van der Waals surface area contributed by atoms with Crippen LogP contribution >= 0.6 is 0 Å². The van der Waals surface area contributed by atoms with E-state index in [2.05, 4.69) is 0 Å². The first-order chi connectivity index (χ1) is 8.04. The molecule has 0 spiro atoms. The summed E-state index contributed by atoms with van der Waals surface area (Å²) in [4.78, 5) is 10.7. The fraction of sp³-hybridized carbons (Fsp3) is 0.462. The second-order valence-corrected chi connectivity index (χ2v) is 4.21. The molecule has 0 bridgehead atoms. The average molecular weight is 236 g/mol. The first-order valence-electron chi connectivity index (χ1n) is 5.73. The lowest BCUT2D eigenvalue weighted by molar-refractivity contribution is -0.118. The van der Waals surface area contributed by atoms with E-state index in [1.807, 2.05) is 25.1 Å². The van der Waals surface area contributed by atoms with Crippen molar-refractivity contribution in [3.8, 4) is 5.75 Å². The van der Waals surface area contributed by atoms with Crippen molar-refractivity contribution in [2.45, 2.75) is 32.2 Å². The first-order valence-corrected chi connectivity index (χ1v) is 5.73. The molecule has 0 fully saturated rings. The minimum Gasteiger partial charge on any atom is -0.496 e. The van der Waals surface area contributed by atoms with E-state index in [1.165, 1.54) is 0 Å². The highest BCUT2D eigenvalue weighted by molar-refractivity contribution is 5.73. The third kappa shape index (κ3) is 4.07. The standard InChI is InChI=1S/C13H20N2O2/c1-9-6-7-12(17-2)10(8-9)11(14)4-3-5-13(15)16/h6-8,11H,3-5,14H2,1-2H3,(H2,15,16). The maximum absolute atomic E-state index is 10.7. The summed E-state index contributed by atoms with van der Waals surface area (Å²) in [5, 5.41) is 0. The van der Waals surface area contributed by atoms with E-state index >= 15 is 0 Å². The van der Waals surface area contributed by atoms with E-state index in [-0.39, 0.29) is 11.9 Å². The number of rotatable bonds is 6. The van der Waals surface area contributed by atoms with Gasteiger partial charge >= 0.3 is 0 Å². The Morgan fingerprint density at radius 1 is 1.47 bits per heavy atom. The number of hydrogen-bond donors (Lipinski definition) is 2. The molecule has 1 rings (SSSR count). The summed E-state index contributed by atoms with van der Waals surface area (Å²) in [6.45, 7) is 2.01. The average Bonchev–Trinajstić information content (AvgIpc) is 2.28. The molecule has 0 radical (unpaired) electrons. The van der Waals surface area contributed by atoms with Crippen molar-refractivity contribution >= 4 is 5.91 Å². The van der Waals surface area contributed by atoms with Crippen LogP contribution < -0.4 is 16.2 Å². The van der Waals surface area contributed by atoms with Gasteiger partial charge in [-0.2, -0.15) is 0 Å². The highest BCUT2D eigenvalue weighted by Gasteiger charge is 2.12. The summed E-state index contributed by atoms with van der Waals surface area (Å²) < 4.78 is 5.28. The van der Waals surface area contributed by atoms with Crippen LogP contribution in [0.15, 0.2) is 18.2 Å². The molecule has 0 aliphatic heterocycles. The summed E-state index contributed by atoms with van der Waals surface area (Å²) in [7, 11) is 1.63. The molecule has 4 heteroatoms. The van der Waals surface area contributed by atoms with Crippen molar-refractivity contribution in [1.29, 1.82) is 0 Å². The van der Waals surface area contributed by atoms with Gasteiger partial charge in [0.15, 0.2) is 0 Å². The van der Waals surface area contributed by atoms with E-state index in [9.17, 15) is 4.79 Å². The highest BCUT2D eigenvalue weighted by atomic mass is 16.5. The van der Waals surface area contributed by atoms with Gasteiger partial charge in [-0.05, 0) is 25.8 Å². The topological polar surface area (TPSA) is 78.3 Å². The van der Waals surface area contributed by atoms with Gasteiger partial charge in [-0.1, -0.05) is 17.7 Å². The molecule has 0 saturated carbocycles. The van der Waals surface area contributed by atoms with Crippen molar-refractivity contribution in [3.05, 3.63) is 29.3 Å². The molecule has 0 heterocycles. The predicted molar refractivity (Wildman–Crippen MR) is 67.7 cm³/mol.